The van der Waals surface area contributed by atoms with E-state index in [4.69, 9.17) is 8.94 Å². The quantitative estimate of drug-likeness (QED) is 0.746. The number of aromatic nitrogens is 1. The van der Waals surface area contributed by atoms with Gasteiger partial charge in [-0.15, -0.1) is 0 Å². The lowest BCUT2D eigenvalue weighted by molar-refractivity contribution is -0.121. The molecular weight excluding hydrogens is 358 g/mol. The van der Waals surface area contributed by atoms with E-state index in [1.165, 1.54) is 6.20 Å². The van der Waals surface area contributed by atoms with Crippen LogP contribution in [-0.2, 0) is 4.79 Å². The maximum absolute atomic E-state index is 12.7. The van der Waals surface area contributed by atoms with Crippen LogP contribution in [0.4, 0.5) is 5.69 Å². The lowest BCUT2D eigenvalue weighted by Crippen LogP contribution is -2.43. The molecule has 1 aromatic carbocycles. The predicted octanol–water partition coefficient (Wildman–Crippen LogP) is 3.73. The number of amides is 2. The fourth-order valence-corrected chi connectivity index (χ4v) is 3.45. The molecule has 4 rings (SSSR count). The van der Waals surface area contributed by atoms with E-state index in [0.29, 0.717) is 24.4 Å². The molecule has 7 heteroatoms. The Labute approximate surface area is 162 Å². The number of hydrogen-bond donors (Lipinski definition) is 1. The van der Waals surface area contributed by atoms with Crippen LogP contribution in [-0.4, -0.2) is 35.0 Å². The Morgan fingerprint density at radius 1 is 1.21 bits per heavy atom. The number of likely N-dealkylation sites (tertiary alicyclic amines) is 1. The number of anilines is 1. The molecule has 0 spiro atoms. The third-order valence-corrected chi connectivity index (χ3v) is 5.02. The van der Waals surface area contributed by atoms with E-state index in [-0.39, 0.29) is 17.7 Å². The van der Waals surface area contributed by atoms with Gasteiger partial charge < -0.3 is 19.2 Å². The first kappa shape index (κ1) is 18.0. The third-order valence-electron chi connectivity index (χ3n) is 5.02. The van der Waals surface area contributed by atoms with E-state index in [2.05, 4.69) is 10.5 Å². The van der Waals surface area contributed by atoms with E-state index in [1.54, 1.807) is 18.1 Å². The molecule has 1 saturated heterocycles. The highest BCUT2D eigenvalue weighted by Crippen LogP contribution is 2.24. The van der Waals surface area contributed by atoms with Crippen LogP contribution < -0.4 is 5.32 Å². The molecule has 3 heterocycles. The Balaban J connectivity index is 1.39. The highest BCUT2D eigenvalue weighted by atomic mass is 16.5. The average molecular weight is 379 g/mol. The maximum atomic E-state index is 12.7. The van der Waals surface area contributed by atoms with Crippen LogP contribution in [0.1, 0.15) is 29.0 Å². The van der Waals surface area contributed by atoms with Gasteiger partial charge in [0.2, 0.25) is 5.91 Å². The van der Waals surface area contributed by atoms with Crippen LogP contribution in [0.15, 0.2) is 57.8 Å². The zero-order valence-corrected chi connectivity index (χ0v) is 15.6. The summed E-state index contributed by atoms with van der Waals surface area (Å²) in [4.78, 5) is 27.0. The minimum atomic E-state index is -0.248. The van der Waals surface area contributed by atoms with Gasteiger partial charge in [0, 0.05) is 24.3 Å². The van der Waals surface area contributed by atoms with Crippen molar-refractivity contribution in [3.8, 4) is 11.3 Å². The van der Waals surface area contributed by atoms with Gasteiger partial charge in [-0.05, 0) is 56.2 Å². The molecule has 0 unspecified atom stereocenters. The second-order valence-electron chi connectivity index (χ2n) is 6.93. The maximum Gasteiger partial charge on any atom is 0.259 e. The molecule has 1 aliphatic heterocycles. The fraction of sp³-hybridized carbons (Fsp3) is 0.286. The SMILES string of the molecule is Cc1oncc1C(=O)N1CCC[C@H](C(=O)Nc2ccc(-c3ccco3)cc2)C1. The number of nitrogens with zero attached hydrogens (tertiary/aromatic N) is 2. The molecule has 0 radical (unpaired) electrons. The van der Waals surface area contributed by atoms with Crippen molar-refractivity contribution in [1.29, 1.82) is 0 Å². The Bertz CT molecular complexity index is 960. The van der Waals surface area contributed by atoms with Crippen LogP contribution in [0.25, 0.3) is 11.3 Å². The van der Waals surface area contributed by atoms with Gasteiger partial charge in [-0.25, -0.2) is 0 Å². The molecule has 1 aliphatic rings. The highest BCUT2D eigenvalue weighted by Gasteiger charge is 2.30. The fourth-order valence-electron chi connectivity index (χ4n) is 3.45. The van der Waals surface area contributed by atoms with Gasteiger partial charge >= 0.3 is 0 Å². The molecule has 28 heavy (non-hydrogen) atoms. The van der Waals surface area contributed by atoms with Gasteiger partial charge in [0.25, 0.3) is 5.91 Å². The summed E-state index contributed by atoms with van der Waals surface area (Å²) >= 11 is 0. The summed E-state index contributed by atoms with van der Waals surface area (Å²) in [6, 6.07) is 11.2. The Morgan fingerprint density at radius 2 is 2.04 bits per heavy atom. The van der Waals surface area contributed by atoms with Crippen LogP contribution in [0.2, 0.25) is 0 Å². The van der Waals surface area contributed by atoms with E-state index < -0.39 is 0 Å². The van der Waals surface area contributed by atoms with Crippen molar-refractivity contribution in [2.45, 2.75) is 19.8 Å². The van der Waals surface area contributed by atoms with Crippen molar-refractivity contribution in [1.82, 2.24) is 10.1 Å². The molecule has 0 saturated carbocycles. The summed E-state index contributed by atoms with van der Waals surface area (Å²) in [5, 5.41) is 6.62. The molecule has 7 nitrogen and oxygen atoms in total. The molecule has 3 aromatic rings. The van der Waals surface area contributed by atoms with Gasteiger partial charge in [-0.2, -0.15) is 0 Å². The van der Waals surface area contributed by atoms with E-state index in [0.717, 1.165) is 29.9 Å². The highest BCUT2D eigenvalue weighted by molar-refractivity contribution is 5.96. The lowest BCUT2D eigenvalue weighted by atomic mass is 9.96. The molecule has 2 amide bonds. The molecule has 1 atom stereocenters. The number of carbonyl (C=O) groups is 2. The molecule has 1 fully saturated rings. The van der Waals surface area contributed by atoms with Crippen LogP contribution in [0.3, 0.4) is 0 Å². The third kappa shape index (κ3) is 3.69. The number of furan rings is 1. The van der Waals surface area contributed by atoms with E-state index in [9.17, 15) is 9.59 Å². The predicted molar refractivity (Wildman–Crippen MR) is 103 cm³/mol. The molecular formula is C21H21N3O4. The zero-order valence-electron chi connectivity index (χ0n) is 15.6. The topological polar surface area (TPSA) is 88.6 Å². The van der Waals surface area contributed by atoms with Crippen molar-refractivity contribution in [2.75, 3.05) is 18.4 Å². The molecule has 2 aromatic heterocycles. The number of hydrogen-bond acceptors (Lipinski definition) is 5. The number of nitrogens with one attached hydrogen (secondary N) is 1. The van der Waals surface area contributed by atoms with Crippen molar-refractivity contribution in [3.63, 3.8) is 0 Å². The smallest absolute Gasteiger partial charge is 0.259 e. The van der Waals surface area contributed by atoms with Crippen LogP contribution in [0.5, 0.6) is 0 Å². The van der Waals surface area contributed by atoms with Crippen LogP contribution in [0, 0.1) is 12.8 Å². The second-order valence-corrected chi connectivity index (χ2v) is 6.93. The molecule has 0 bridgehead atoms. The Kier molecular flexibility index (Phi) is 4.97. The molecule has 0 aliphatic carbocycles. The number of carbonyl (C=O) groups excluding carboxylic acids is 2. The number of benzene rings is 1. The summed E-state index contributed by atoms with van der Waals surface area (Å²) in [5.74, 6) is 0.809. The van der Waals surface area contributed by atoms with Gasteiger partial charge in [0.1, 0.15) is 17.1 Å². The van der Waals surface area contributed by atoms with Gasteiger partial charge in [0.05, 0.1) is 18.4 Å². The second kappa shape index (κ2) is 7.72. The van der Waals surface area contributed by atoms with E-state index in [1.807, 2.05) is 36.4 Å². The first-order chi connectivity index (χ1) is 13.6. The molecule has 144 valence electrons. The standard InChI is InChI=1S/C21H21N3O4/c1-14-18(12-22-28-14)21(26)24-10-2-4-16(13-24)20(25)23-17-8-6-15(7-9-17)19-5-3-11-27-19/h3,5-9,11-12,16H,2,4,10,13H2,1H3,(H,23,25)/t16-/m0/s1. The van der Waals surface area contributed by atoms with Crippen molar-refractivity contribution in [3.05, 3.63) is 60.2 Å². The molecule has 1 N–H and O–H groups in total. The summed E-state index contributed by atoms with van der Waals surface area (Å²) in [6.45, 7) is 2.73. The first-order valence-corrected chi connectivity index (χ1v) is 9.27. The number of rotatable bonds is 4. The average Bonchev–Trinajstić information content (AvgIpc) is 3.40. The van der Waals surface area contributed by atoms with Gasteiger partial charge in [0.15, 0.2) is 0 Å². The minimum absolute atomic E-state index is 0.0784. The summed E-state index contributed by atoms with van der Waals surface area (Å²) in [6.07, 6.45) is 4.60. The van der Waals surface area contributed by atoms with Crippen molar-refractivity contribution in [2.24, 2.45) is 5.92 Å². The van der Waals surface area contributed by atoms with Gasteiger partial charge in [-0.1, -0.05) is 5.16 Å². The van der Waals surface area contributed by atoms with E-state index >= 15 is 0 Å². The number of piperidine rings is 1. The van der Waals surface area contributed by atoms with Crippen LogP contribution >= 0.6 is 0 Å². The summed E-state index contributed by atoms with van der Waals surface area (Å²) in [5.41, 5.74) is 2.12. The Hall–Kier alpha value is -3.35. The number of aryl methyl sites for hydroxylation is 1. The first-order valence-electron chi connectivity index (χ1n) is 9.27. The Morgan fingerprint density at radius 3 is 2.71 bits per heavy atom. The largest absolute Gasteiger partial charge is 0.464 e. The van der Waals surface area contributed by atoms with Crippen molar-refractivity contribution >= 4 is 17.5 Å². The van der Waals surface area contributed by atoms with Gasteiger partial charge in [-0.3, -0.25) is 9.59 Å². The normalized spacial score (nSPS) is 16.8. The summed E-state index contributed by atoms with van der Waals surface area (Å²) in [7, 11) is 0. The lowest BCUT2D eigenvalue weighted by Gasteiger charge is -2.31. The van der Waals surface area contributed by atoms with Crippen molar-refractivity contribution < 1.29 is 18.5 Å². The monoisotopic (exact) mass is 379 g/mol. The zero-order chi connectivity index (χ0) is 19.5. The minimum Gasteiger partial charge on any atom is -0.464 e. The summed E-state index contributed by atoms with van der Waals surface area (Å²) < 4.78 is 10.4.